The molecule has 1 atom stereocenters. The van der Waals surface area contributed by atoms with Gasteiger partial charge < -0.3 is 14.5 Å². The molecule has 108 valence electrons. The number of likely N-dealkylation sites (tertiary alicyclic amines) is 1. The zero-order valence-corrected chi connectivity index (χ0v) is 12.1. The van der Waals surface area contributed by atoms with Gasteiger partial charge in [-0.25, -0.2) is 0 Å². The first-order valence-electron chi connectivity index (χ1n) is 7.17. The minimum atomic E-state index is -0.801. The van der Waals surface area contributed by atoms with Crippen LogP contribution in [0.4, 0.5) is 0 Å². The summed E-state index contributed by atoms with van der Waals surface area (Å²) < 4.78 is 5.87. The first-order valence-corrected chi connectivity index (χ1v) is 7.17. The zero-order valence-electron chi connectivity index (χ0n) is 12.1. The molecule has 19 heavy (non-hydrogen) atoms. The predicted octanol–water partition coefficient (Wildman–Crippen LogP) is 1.02. The SMILES string of the molecule is CC(=O)N1CCOC2(CCCCN(C(C)C)C2=O)C1. The molecule has 2 rings (SSSR count). The molecule has 5 heteroatoms. The van der Waals surface area contributed by atoms with Crippen molar-refractivity contribution in [2.45, 2.75) is 51.7 Å². The Kier molecular flexibility index (Phi) is 4.13. The van der Waals surface area contributed by atoms with E-state index >= 15 is 0 Å². The monoisotopic (exact) mass is 268 g/mol. The van der Waals surface area contributed by atoms with Crippen molar-refractivity contribution in [2.24, 2.45) is 0 Å². The molecule has 2 saturated heterocycles. The summed E-state index contributed by atoms with van der Waals surface area (Å²) in [6.07, 6.45) is 2.70. The maximum Gasteiger partial charge on any atom is 0.256 e. The van der Waals surface area contributed by atoms with Crippen LogP contribution in [0.3, 0.4) is 0 Å². The van der Waals surface area contributed by atoms with Crippen LogP contribution >= 0.6 is 0 Å². The fourth-order valence-electron chi connectivity index (χ4n) is 2.99. The second-order valence-electron chi connectivity index (χ2n) is 5.83. The summed E-state index contributed by atoms with van der Waals surface area (Å²) >= 11 is 0. The standard InChI is InChI=1S/C14H24N2O3/c1-11(2)16-7-5-4-6-14(13(16)18)10-15(12(3)17)8-9-19-14/h11H,4-10H2,1-3H3. The number of amides is 2. The van der Waals surface area contributed by atoms with Crippen molar-refractivity contribution in [3.05, 3.63) is 0 Å². The van der Waals surface area contributed by atoms with Crippen molar-refractivity contribution >= 4 is 11.8 Å². The molecule has 0 N–H and O–H groups in total. The Bertz CT molecular complexity index is 370. The molecule has 2 aliphatic rings. The lowest BCUT2D eigenvalue weighted by Gasteiger charge is -2.43. The average Bonchev–Trinajstić information content (AvgIpc) is 2.51. The highest BCUT2D eigenvalue weighted by molar-refractivity contribution is 5.87. The lowest BCUT2D eigenvalue weighted by Crippen LogP contribution is -2.61. The Morgan fingerprint density at radius 2 is 2.05 bits per heavy atom. The van der Waals surface area contributed by atoms with Gasteiger partial charge >= 0.3 is 0 Å². The molecular weight excluding hydrogens is 244 g/mol. The Balaban J connectivity index is 2.23. The van der Waals surface area contributed by atoms with E-state index in [-0.39, 0.29) is 17.9 Å². The highest BCUT2D eigenvalue weighted by atomic mass is 16.5. The molecule has 0 aromatic carbocycles. The number of ether oxygens (including phenoxy) is 1. The quantitative estimate of drug-likeness (QED) is 0.713. The van der Waals surface area contributed by atoms with Gasteiger partial charge in [-0.2, -0.15) is 0 Å². The molecule has 2 heterocycles. The lowest BCUT2D eigenvalue weighted by molar-refractivity contribution is -0.175. The van der Waals surface area contributed by atoms with E-state index in [1.54, 1.807) is 11.8 Å². The molecule has 0 aromatic heterocycles. The number of carbonyl (C=O) groups is 2. The number of hydrogen-bond donors (Lipinski definition) is 0. The summed E-state index contributed by atoms with van der Waals surface area (Å²) in [4.78, 5) is 28.0. The molecule has 0 bridgehead atoms. The first kappa shape index (κ1) is 14.3. The van der Waals surface area contributed by atoms with Crippen LogP contribution in [0.5, 0.6) is 0 Å². The minimum absolute atomic E-state index is 0.0239. The highest BCUT2D eigenvalue weighted by Crippen LogP contribution is 2.30. The third kappa shape index (κ3) is 2.76. The largest absolute Gasteiger partial charge is 0.361 e. The summed E-state index contributed by atoms with van der Waals surface area (Å²) in [5.41, 5.74) is -0.801. The van der Waals surface area contributed by atoms with Gasteiger partial charge in [0.15, 0.2) is 5.60 Å². The molecule has 5 nitrogen and oxygen atoms in total. The van der Waals surface area contributed by atoms with Crippen molar-refractivity contribution in [1.29, 1.82) is 0 Å². The average molecular weight is 268 g/mol. The van der Waals surface area contributed by atoms with Crippen molar-refractivity contribution in [2.75, 3.05) is 26.2 Å². The molecule has 0 aromatic rings. The fraction of sp³-hybridized carbons (Fsp3) is 0.857. The second kappa shape index (κ2) is 5.49. The van der Waals surface area contributed by atoms with E-state index < -0.39 is 5.60 Å². The maximum absolute atomic E-state index is 12.8. The van der Waals surface area contributed by atoms with E-state index in [0.717, 1.165) is 25.8 Å². The van der Waals surface area contributed by atoms with Crippen LogP contribution in [0.2, 0.25) is 0 Å². The zero-order chi connectivity index (χ0) is 14.0. The van der Waals surface area contributed by atoms with Crippen LogP contribution in [0.25, 0.3) is 0 Å². The molecule has 2 amide bonds. The summed E-state index contributed by atoms with van der Waals surface area (Å²) in [7, 11) is 0. The van der Waals surface area contributed by atoms with Crippen LogP contribution in [0.1, 0.15) is 40.0 Å². The van der Waals surface area contributed by atoms with Crippen molar-refractivity contribution in [3.8, 4) is 0 Å². The van der Waals surface area contributed by atoms with Gasteiger partial charge in [-0.1, -0.05) is 0 Å². The smallest absolute Gasteiger partial charge is 0.256 e. The summed E-state index contributed by atoms with van der Waals surface area (Å²) in [5, 5.41) is 0. The van der Waals surface area contributed by atoms with Gasteiger partial charge in [0.1, 0.15) is 0 Å². The van der Waals surface area contributed by atoms with Gasteiger partial charge in [0.05, 0.1) is 13.2 Å². The number of carbonyl (C=O) groups excluding carboxylic acids is 2. The van der Waals surface area contributed by atoms with Crippen LogP contribution in [-0.2, 0) is 14.3 Å². The van der Waals surface area contributed by atoms with Crippen LogP contribution in [-0.4, -0.2) is 59.5 Å². The number of nitrogens with zero attached hydrogens (tertiary/aromatic N) is 2. The van der Waals surface area contributed by atoms with E-state index in [1.165, 1.54) is 0 Å². The minimum Gasteiger partial charge on any atom is -0.361 e. The van der Waals surface area contributed by atoms with Crippen LogP contribution < -0.4 is 0 Å². The van der Waals surface area contributed by atoms with Gasteiger partial charge in [-0.05, 0) is 33.1 Å². The molecule has 1 unspecified atom stereocenters. The Hall–Kier alpha value is -1.10. The molecule has 1 spiro atoms. The van der Waals surface area contributed by atoms with Crippen molar-refractivity contribution < 1.29 is 14.3 Å². The topological polar surface area (TPSA) is 49.9 Å². The van der Waals surface area contributed by atoms with E-state index in [9.17, 15) is 9.59 Å². The van der Waals surface area contributed by atoms with Crippen LogP contribution in [0.15, 0.2) is 0 Å². The third-order valence-electron chi connectivity index (χ3n) is 4.13. The van der Waals surface area contributed by atoms with E-state index in [1.807, 2.05) is 18.7 Å². The van der Waals surface area contributed by atoms with Gasteiger partial charge in [-0.15, -0.1) is 0 Å². The lowest BCUT2D eigenvalue weighted by atomic mass is 9.94. The fourth-order valence-corrected chi connectivity index (χ4v) is 2.99. The molecular formula is C14H24N2O3. The maximum atomic E-state index is 12.8. The predicted molar refractivity (Wildman–Crippen MR) is 71.6 cm³/mol. The summed E-state index contributed by atoms with van der Waals surface area (Å²) in [6.45, 7) is 7.86. The molecule has 0 radical (unpaired) electrons. The third-order valence-corrected chi connectivity index (χ3v) is 4.13. The summed E-state index contributed by atoms with van der Waals surface area (Å²) in [5.74, 6) is 0.0850. The van der Waals surface area contributed by atoms with Gasteiger partial charge in [0.2, 0.25) is 5.91 Å². The Morgan fingerprint density at radius 1 is 1.32 bits per heavy atom. The molecule has 2 fully saturated rings. The Labute approximate surface area is 114 Å². The van der Waals surface area contributed by atoms with Gasteiger partial charge in [-0.3, -0.25) is 9.59 Å². The molecule has 0 saturated carbocycles. The van der Waals surface area contributed by atoms with Crippen molar-refractivity contribution in [1.82, 2.24) is 9.80 Å². The van der Waals surface area contributed by atoms with E-state index in [0.29, 0.717) is 19.7 Å². The second-order valence-corrected chi connectivity index (χ2v) is 5.83. The number of rotatable bonds is 1. The highest BCUT2D eigenvalue weighted by Gasteiger charge is 2.47. The van der Waals surface area contributed by atoms with E-state index in [2.05, 4.69) is 0 Å². The Morgan fingerprint density at radius 3 is 2.68 bits per heavy atom. The normalized spacial score (nSPS) is 28.9. The number of hydrogen-bond acceptors (Lipinski definition) is 3. The first-order chi connectivity index (χ1) is 8.96. The van der Waals surface area contributed by atoms with Crippen LogP contribution in [0, 0.1) is 0 Å². The molecule has 0 aliphatic carbocycles. The number of morpholine rings is 1. The van der Waals surface area contributed by atoms with Gasteiger partial charge in [0, 0.05) is 26.1 Å². The molecule has 2 aliphatic heterocycles. The summed E-state index contributed by atoms with van der Waals surface area (Å²) in [6, 6.07) is 0.179. The van der Waals surface area contributed by atoms with Crippen molar-refractivity contribution in [3.63, 3.8) is 0 Å². The van der Waals surface area contributed by atoms with Gasteiger partial charge in [0.25, 0.3) is 5.91 Å². The van der Waals surface area contributed by atoms with E-state index in [4.69, 9.17) is 4.74 Å².